The van der Waals surface area contributed by atoms with Gasteiger partial charge in [0.2, 0.25) is 11.5 Å². The number of nitrogens with one attached hydrogen (secondary N) is 2. The number of fused-ring (bicyclic) bond motifs is 5. The number of ketones is 3. The summed E-state index contributed by atoms with van der Waals surface area (Å²) < 4.78 is 53.1. The first kappa shape index (κ1) is 65.6. The van der Waals surface area contributed by atoms with Crippen molar-refractivity contribution < 1.29 is 72.8 Å². The lowest BCUT2D eigenvalue weighted by atomic mass is 9.85. The van der Waals surface area contributed by atoms with Crippen LogP contribution in [0.25, 0.3) is 32.7 Å². The highest BCUT2D eigenvalue weighted by molar-refractivity contribution is 5.94. The highest BCUT2D eigenvalue weighted by atomic mass is 16.7. The summed E-state index contributed by atoms with van der Waals surface area (Å²) in [4.78, 5) is 116. The molecule has 0 spiro atoms. The molecule has 7 rings (SSSR count). The monoisotopic (exact) mass is 1220 g/mol. The molecule has 2 N–H and O–H groups in total. The standard InChI is InChI=1S/C65H79N7O16/c1-7-49-50-35-48(86-63(80)87-64(4,5)6)24-25-54(50)69-58-51(49)37-72-56(58)36-53-52(60(72)77)41-84-61(78)65(53,8-2)88-62(79)85-38-44-22-20-43(21-23-44)33-57(75)55(19-13-14-26-67-9-3)70-59(76)45(32-42-16-11-10-12-17-42)34-47(74)40-83-39-46(73)18-15-28-81-30-31-82-29-27-68-71-66/h10-12,16-17,20-25,35-36,45,55,67H,7-9,13-15,18-19,26-34,37-41H2,1-6H3,(H,70,76)/t45?,55?,65-/m0/s1/i3T. The van der Waals surface area contributed by atoms with E-state index < -0.39 is 52.9 Å². The number of amides is 1. The zero-order valence-electron chi connectivity index (χ0n) is 51.7. The zero-order valence-corrected chi connectivity index (χ0v) is 50.7. The molecule has 5 aromatic rings. The van der Waals surface area contributed by atoms with Crippen LogP contribution in [-0.4, -0.2) is 122 Å². The van der Waals surface area contributed by atoms with Gasteiger partial charge in [0.05, 0.1) is 54.9 Å². The number of azide groups is 1. The number of nitrogens with zero attached hydrogens (tertiary/aromatic N) is 5. The Bertz CT molecular complexity index is 3420. The second-order valence-electron chi connectivity index (χ2n) is 22.4. The minimum atomic E-state index is -2.05. The van der Waals surface area contributed by atoms with Gasteiger partial charge >= 0.3 is 18.3 Å². The normalized spacial score (nSPS) is 14.9. The van der Waals surface area contributed by atoms with Gasteiger partial charge < -0.3 is 53.1 Å². The largest absolute Gasteiger partial charge is 0.514 e. The molecule has 1 amide bonds. The highest BCUT2D eigenvalue weighted by Crippen LogP contribution is 2.43. The van der Waals surface area contributed by atoms with Gasteiger partial charge in [0.1, 0.15) is 37.8 Å². The van der Waals surface area contributed by atoms with E-state index in [1.54, 1.807) is 80.8 Å². The third-order valence-corrected chi connectivity index (χ3v) is 14.9. The van der Waals surface area contributed by atoms with Crippen molar-refractivity contribution in [1.29, 1.82) is 0 Å². The number of unbranched alkanes of at least 4 members (excludes halogenated alkanes) is 1. The Balaban J connectivity index is 0.972. The van der Waals surface area contributed by atoms with Gasteiger partial charge in [-0.3, -0.25) is 24.0 Å². The average molecular weight is 1220 g/mol. The van der Waals surface area contributed by atoms with Crippen molar-refractivity contribution in [2.24, 2.45) is 11.0 Å². The highest BCUT2D eigenvalue weighted by Gasteiger charge is 2.51. The summed E-state index contributed by atoms with van der Waals surface area (Å²) in [5.41, 5.74) is 10.5. The number of rotatable bonds is 35. The Morgan fingerprint density at radius 3 is 2.34 bits per heavy atom. The van der Waals surface area contributed by atoms with E-state index in [4.69, 9.17) is 49.8 Å². The van der Waals surface area contributed by atoms with E-state index in [-0.39, 0.29) is 119 Å². The van der Waals surface area contributed by atoms with Crippen LogP contribution in [0.4, 0.5) is 9.59 Å². The molecule has 2 aliphatic heterocycles. The van der Waals surface area contributed by atoms with Crippen LogP contribution in [0, 0.1) is 5.92 Å². The van der Waals surface area contributed by atoms with Gasteiger partial charge in [-0.25, -0.2) is 19.4 Å². The number of carbonyl (C=O) groups excluding carboxylic acids is 7. The van der Waals surface area contributed by atoms with Gasteiger partial charge in [-0.15, -0.1) is 0 Å². The summed E-state index contributed by atoms with van der Waals surface area (Å²) in [7, 11) is 0. The van der Waals surface area contributed by atoms with E-state index in [2.05, 4.69) is 20.7 Å². The zero-order chi connectivity index (χ0) is 63.9. The molecule has 2 unspecified atom stereocenters. The summed E-state index contributed by atoms with van der Waals surface area (Å²) in [5, 5.41) is 10.3. The number of ether oxygens (including phenoxy) is 8. The van der Waals surface area contributed by atoms with E-state index in [0.29, 0.717) is 93.0 Å². The quantitative estimate of drug-likeness (QED) is 0.00712. The molecule has 23 heteroatoms. The van der Waals surface area contributed by atoms with Gasteiger partial charge in [0.25, 0.3) is 5.56 Å². The maximum absolute atomic E-state index is 14.4. The van der Waals surface area contributed by atoms with Gasteiger partial charge in [-0.1, -0.05) is 80.5 Å². The van der Waals surface area contributed by atoms with Gasteiger partial charge in [0, 0.05) is 61.1 Å². The molecule has 2 aromatic heterocycles. The first-order chi connectivity index (χ1) is 42.9. The van der Waals surface area contributed by atoms with E-state index in [1.165, 1.54) is 0 Å². The van der Waals surface area contributed by atoms with Crippen LogP contribution < -0.4 is 20.9 Å². The lowest BCUT2D eigenvalue weighted by Crippen LogP contribution is -2.47. The van der Waals surface area contributed by atoms with Crippen molar-refractivity contribution in [3.63, 3.8) is 0 Å². The number of aromatic nitrogens is 2. The maximum Gasteiger partial charge on any atom is 0.514 e. The van der Waals surface area contributed by atoms with Crippen LogP contribution in [0.5, 0.6) is 5.75 Å². The number of Topliss-reactive ketones (excluding diaryl/α,β-unsaturated/α-hetero) is 3. The smallest absolute Gasteiger partial charge is 0.457 e. The van der Waals surface area contributed by atoms with Crippen molar-refractivity contribution in [1.82, 2.24) is 20.2 Å². The van der Waals surface area contributed by atoms with Gasteiger partial charge in [-0.2, -0.15) is 0 Å². The number of cyclic esters (lactones) is 1. The lowest BCUT2D eigenvalue weighted by Gasteiger charge is -2.35. The third-order valence-electron chi connectivity index (χ3n) is 14.9. The first-order valence-electron chi connectivity index (χ1n) is 30.5. The third kappa shape index (κ3) is 18.6. The molecule has 3 aromatic carbocycles. The molecular weight excluding hydrogens is 1130 g/mol. The molecule has 0 aliphatic carbocycles. The Labute approximate surface area is 512 Å². The molecule has 470 valence electrons. The summed E-state index contributed by atoms with van der Waals surface area (Å²) in [6.07, 6.45) is 0.500. The van der Waals surface area contributed by atoms with E-state index in [1.807, 2.05) is 37.3 Å². The summed E-state index contributed by atoms with van der Waals surface area (Å²) >= 11 is 0. The van der Waals surface area contributed by atoms with Crippen LogP contribution in [0.2, 0.25) is 0 Å². The van der Waals surface area contributed by atoms with Crippen LogP contribution in [-0.2, 0) is 102 Å². The van der Waals surface area contributed by atoms with Crippen molar-refractivity contribution in [3.05, 3.63) is 139 Å². The SMILES string of the molecule is [3H]CCNCCCCC(NC(=O)C(CC(=O)COCC(=O)CCCOCCOCCN=[N+]=[N-])Cc1ccccc1)C(=O)Cc1ccc(COC(=O)O[C@]2(CC)C(=O)OCc3c2cc2n(c3=O)Cc3c-2nc2ccc(OC(=O)OC(C)(C)C)cc2c3CC)cc1. The van der Waals surface area contributed by atoms with Crippen molar-refractivity contribution in [2.75, 3.05) is 59.3 Å². The van der Waals surface area contributed by atoms with E-state index >= 15 is 0 Å². The average Bonchev–Trinajstić information content (AvgIpc) is 1.67. The predicted molar refractivity (Wildman–Crippen MR) is 323 cm³/mol. The fourth-order valence-corrected chi connectivity index (χ4v) is 10.5. The van der Waals surface area contributed by atoms with Crippen molar-refractivity contribution in [3.8, 4) is 17.1 Å². The molecule has 0 bridgehead atoms. The van der Waals surface area contributed by atoms with Crippen molar-refractivity contribution in [2.45, 2.75) is 143 Å². The molecule has 0 fully saturated rings. The molecule has 4 heterocycles. The number of pyridine rings is 2. The Kier molecular flexibility index (Phi) is 24.3. The molecular formula is C65H79N7O16. The first-order valence-corrected chi connectivity index (χ1v) is 29.8. The Morgan fingerprint density at radius 1 is 0.864 bits per heavy atom. The summed E-state index contributed by atoms with van der Waals surface area (Å²) in [6, 6.07) is 21.7. The number of aryl methyl sites for hydroxylation is 1. The second kappa shape index (κ2) is 32.6. The van der Waals surface area contributed by atoms with E-state index in [0.717, 1.165) is 22.1 Å². The molecule has 88 heavy (non-hydrogen) atoms. The van der Waals surface area contributed by atoms with E-state index in [9.17, 15) is 38.4 Å². The Hall–Kier alpha value is -8.34. The molecule has 23 nitrogen and oxygen atoms in total. The predicted octanol–water partition coefficient (Wildman–Crippen LogP) is 9.22. The maximum atomic E-state index is 14.4. The summed E-state index contributed by atoms with van der Waals surface area (Å²) in [6.45, 7) is 10.5. The number of hydrogen-bond donors (Lipinski definition) is 2. The molecule has 0 saturated heterocycles. The van der Waals surface area contributed by atoms with Crippen LogP contribution >= 0.6 is 0 Å². The number of carbonyl (C=O) groups is 7. The lowest BCUT2D eigenvalue weighted by molar-refractivity contribution is -0.175. The number of benzene rings is 3. The minimum Gasteiger partial charge on any atom is -0.457 e. The van der Waals surface area contributed by atoms with Crippen LogP contribution in [0.1, 0.15) is 127 Å². The molecule has 0 saturated carbocycles. The van der Waals surface area contributed by atoms with Crippen LogP contribution in [0.15, 0.2) is 88.8 Å². The second-order valence-corrected chi connectivity index (χ2v) is 22.4. The summed E-state index contributed by atoms with van der Waals surface area (Å²) in [5.74, 6) is -2.83. The fraction of sp³-hybridized carbons (Fsp3) is 0.492. The van der Waals surface area contributed by atoms with Gasteiger partial charge in [-0.05, 0) is 131 Å². The molecule has 0 radical (unpaired) electrons. The number of hydrogen-bond acceptors (Lipinski definition) is 19. The minimum absolute atomic E-state index is 0.0675. The van der Waals surface area contributed by atoms with Crippen LogP contribution in [0.3, 0.4) is 0 Å². The fourth-order valence-electron chi connectivity index (χ4n) is 10.5. The van der Waals surface area contributed by atoms with Crippen molar-refractivity contribution >= 4 is 52.4 Å². The molecule has 2 aliphatic rings. The topological polar surface area (TPSA) is 301 Å². The number of esters is 1. The van der Waals surface area contributed by atoms with Gasteiger partial charge in [0.15, 0.2) is 17.3 Å². The molecule has 3 atom stereocenters. The Morgan fingerprint density at radius 2 is 1.61 bits per heavy atom.